The average molecular weight is 300 g/mol. The van der Waals surface area contributed by atoms with Gasteiger partial charge in [0.1, 0.15) is 0 Å². The van der Waals surface area contributed by atoms with Crippen molar-refractivity contribution in [2.75, 3.05) is 5.32 Å². The number of rotatable bonds is 6. The molecule has 3 nitrogen and oxygen atoms in total. The van der Waals surface area contributed by atoms with E-state index in [0.717, 1.165) is 25.1 Å². The summed E-state index contributed by atoms with van der Waals surface area (Å²) in [6.45, 7) is 3.04. The number of carbonyl (C=O) groups excluding carboxylic acids is 1. The van der Waals surface area contributed by atoms with E-state index < -0.39 is 0 Å². The molecule has 1 heterocycles. The molecule has 110 valence electrons. The van der Waals surface area contributed by atoms with Crippen LogP contribution < -0.4 is 10.6 Å². The first-order valence-electron chi connectivity index (χ1n) is 7.37. The number of hydrogen-bond acceptors (Lipinski definition) is 3. The Kier molecular flexibility index (Phi) is 4.36. The van der Waals surface area contributed by atoms with Gasteiger partial charge in [0.2, 0.25) is 5.91 Å². The Bertz CT molecular complexity index is 588. The lowest BCUT2D eigenvalue weighted by atomic mass is 10.1. The van der Waals surface area contributed by atoms with Gasteiger partial charge < -0.3 is 10.6 Å². The van der Waals surface area contributed by atoms with Gasteiger partial charge in [-0.15, -0.1) is 0 Å². The second-order valence-corrected chi connectivity index (χ2v) is 6.40. The quantitative estimate of drug-likeness (QED) is 0.848. The zero-order valence-corrected chi connectivity index (χ0v) is 13.0. The molecular weight excluding hydrogens is 280 g/mol. The molecule has 3 rings (SSSR count). The van der Waals surface area contributed by atoms with E-state index in [-0.39, 0.29) is 17.9 Å². The number of anilines is 1. The van der Waals surface area contributed by atoms with Crippen LogP contribution in [0.1, 0.15) is 36.9 Å². The minimum Gasteiger partial charge on any atom is -0.326 e. The molecule has 1 aromatic heterocycles. The maximum absolute atomic E-state index is 11.7. The van der Waals surface area contributed by atoms with E-state index in [1.165, 1.54) is 11.1 Å². The molecule has 1 atom stereocenters. The summed E-state index contributed by atoms with van der Waals surface area (Å²) in [5.41, 5.74) is 3.44. The van der Waals surface area contributed by atoms with E-state index in [2.05, 4.69) is 46.5 Å². The van der Waals surface area contributed by atoms with Crippen LogP contribution in [0.4, 0.5) is 5.69 Å². The van der Waals surface area contributed by atoms with Gasteiger partial charge in [0.25, 0.3) is 0 Å². The summed E-state index contributed by atoms with van der Waals surface area (Å²) in [4.78, 5) is 11.7. The van der Waals surface area contributed by atoms with Crippen LogP contribution in [0.5, 0.6) is 0 Å². The first-order valence-corrected chi connectivity index (χ1v) is 8.32. The first-order chi connectivity index (χ1) is 10.2. The van der Waals surface area contributed by atoms with Crippen LogP contribution in [-0.2, 0) is 11.3 Å². The molecule has 1 fully saturated rings. The highest BCUT2D eigenvalue weighted by Gasteiger charge is 2.29. The van der Waals surface area contributed by atoms with Crippen LogP contribution in [0.2, 0.25) is 0 Å². The monoisotopic (exact) mass is 300 g/mol. The molecular formula is C17H20N2OS. The highest BCUT2D eigenvalue weighted by atomic mass is 32.1. The van der Waals surface area contributed by atoms with Crippen LogP contribution in [-0.4, -0.2) is 5.91 Å². The predicted octanol–water partition coefficient (Wildman–Crippen LogP) is 3.95. The summed E-state index contributed by atoms with van der Waals surface area (Å²) in [6.07, 6.45) is 2.07. The number of carbonyl (C=O) groups is 1. The second-order valence-electron chi connectivity index (χ2n) is 5.62. The topological polar surface area (TPSA) is 41.1 Å². The highest BCUT2D eigenvalue weighted by molar-refractivity contribution is 7.07. The van der Waals surface area contributed by atoms with Gasteiger partial charge in [-0.3, -0.25) is 4.79 Å². The summed E-state index contributed by atoms with van der Waals surface area (Å²) >= 11 is 1.72. The average Bonchev–Trinajstić information content (AvgIpc) is 3.23. The maximum Gasteiger partial charge on any atom is 0.227 e. The molecule has 1 aliphatic carbocycles. The Balaban J connectivity index is 1.53. The number of hydrogen-bond donors (Lipinski definition) is 2. The Hall–Kier alpha value is -1.65. The van der Waals surface area contributed by atoms with Crippen molar-refractivity contribution in [3.63, 3.8) is 0 Å². The van der Waals surface area contributed by atoms with E-state index in [0.29, 0.717) is 0 Å². The maximum atomic E-state index is 11.7. The predicted molar refractivity (Wildman–Crippen MR) is 87.4 cm³/mol. The number of amides is 1. The van der Waals surface area contributed by atoms with Gasteiger partial charge in [-0.25, -0.2) is 0 Å². The molecule has 1 amide bonds. The van der Waals surface area contributed by atoms with Gasteiger partial charge >= 0.3 is 0 Å². The van der Waals surface area contributed by atoms with Crippen LogP contribution in [0, 0.1) is 5.92 Å². The molecule has 4 heteroatoms. The Morgan fingerprint density at radius 3 is 2.67 bits per heavy atom. The highest BCUT2D eigenvalue weighted by Crippen LogP contribution is 2.30. The molecule has 2 aromatic rings. The second kappa shape index (κ2) is 6.41. The molecule has 21 heavy (non-hydrogen) atoms. The van der Waals surface area contributed by atoms with Gasteiger partial charge in [0.05, 0.1) is 0 Å². The minimum atomic E-state index is 0.159. The summed E-state index contributed by atoms with van der Waals surface area (Å²) < 4.78 is 0. The molecule has 2 N–H and O–H groups in total. The van der Waals surface area contributed by atoms with E-state index in [1.807, 2.05) is 12.1 Å². The minimum absolute atomic E-state index is 0.159. The van der Waals surface area contributed by atoms with Crippen molar-refractivity contribution in [1.82, 2.24) is 5.32 Å². The molecule has 0 aliphatic heterocycles. The summed E-state index contributed by atoms with van der Waals surface area (Å²) in [5, 5.41) is 10.7. The van der Waals surface area contributed by atoms with Gasteiger partial charge in [0, 0.05) is 24.2 Å². The molecule has 0 saturated heterocycles. The fraction of sp³-hybridized carbons (Fsp3) is 0.353. The SMILES string of the molecule is CC(NCc1ccsc1)c1ccc(NC(=O)C2CC2)cc1. The third-order valence-electron chi connectivity index (χ3n) is 3.82. The van der Waals surface area contributed by atoms with Crippen molar-refractivity contribution in [1.29, 1.82) is 0 Å². The van der Waals surface area contributed by atoms with E-state index >= 15 is 0 Å². The van der Waals surface area contributed by atoms with E-state index in [1.54, 1.807) is 11.3 Å². The standard InChI is InChI=1S/C17H20N2OS/c1-12(18-10-13-8-9-21-11-13)14-4-6-16(7-5-14)19-17(20)15-2-3-15/h4-9,11-12,15,18H,2-3,10H2,1H3,(H,19,20). The van der Waals surface area contributed by atoms with Crippen LogP contribution >= 0.6 is 11.3 Å². The van der Waals surface area contributed by atoms with Gasteiger partial charge in [-0.2, -0.15) is 11.3 Å². The van der Waals surface area contributed by atoms with Gasteiger partial charge in [-0.1, -0.05) is 12.1 Å². The summed E-state index contributed by atoms with van der Waals surface area (Å²) in [5.74, 6) is 0.405. The normalized spacial score (nSPS) is 15.7. The van der Waals surface area contributed by atoms with Crippen LogP contribution in [0.25, 0.3) is 0 Å². The largest absolute Gasteiger partial charge is 0.326 e. The lowest BCUT2D eigenvalue weighted by Crippen LogP contribution is -2.18. The zero-order chi connectivity index (χ0) is 14.7. The lowest BCUT2D eigenvalue weighted by Gasteiger charge is -2.14. The molecule has 1 saturated carbocycles. The number of thiophene rings is 1. The summed E-state index contributed by atoms with van der Waals surface area (Å²) in [6, 6.07) is 10.6. The fourth-order valence-corrected chi connectivity index (χ4v) is 2.90. The van der Waals surface area contributed by atoms with Crippen molar-refractivity contribution in [3.8, 4) is 0 Å². The van der Waals surface area contributed by atoms with Crippen molar-refractivity contribution in [3.05, 3.63) is 52.2 Å². The van der Waals surface area contributed by atoms with E-state index in [9.17, 15) is 4.79 Å². The molecule has 0 spiro atoms. The third-order valence-corrected chi connectivity index (χ3v) is 4.55. The van der Waals surface area contributed by atoms with Crippen molar-refractivity contribution in [2.24, 2.45) is 5.92 Å². The number of benzene rings is 1. The molecule has 1 unspecified atom stereocenters. The van der Waals surface area contributed by atoms with Crippen LogP contribution in [0.15, 0.2) is 41.1 Å². The Morgan fingerprint density at radius 1 is 1.29 bits per heavy atom. The Labute approximate surface area is 129 Å². The van der Waals surface area contributed by atoms with E-state index in [4.69, 9.17) is 0 Å². The summed E-state index contributed by atoms with van der Waals surface area (Å²) in [7, 11) is 0. The fourth-order valence-electron chi connectivity index (χ4n) is 2.23. The van der Waals surface area contributed by atoms with Gasteiger partial charge in [-0.05, 0) is 59.9 Å². The molecule has 1 aromatic carbocycles. The van der Waals surface area contributed by atoms with Crippen molar-refractivity contribution >= 4 is 22.9 Å². The van der Waals surface area contributed by atoms with Crippen molar-refractivity contribution < 1.29 is 4.79 Å². The Morgan fingerprint density at radius 2 is 2.05 bits per heavy atom. The smallest absolute Gasteiger partial charge is 0.227 e. The van der Waals surface area contributed by atoms with Gasteiger partial charge in [0.15, 0.2) is 0 Å². The van der Waals surface area contributed by atoms with Crippen molar-refractivity contribution in [2.45, 2.75) is 32.4 Å². The third kappa shape index (κ3) is 3.93. The molecule has 0 radical (unpaired) electrons. The molecule has 0 bridgehead atoms. The number of nitrogens with one attached hydrogen (secondary N) is 2. The van der Waals surface area contributed by atoms with Crippen LogP contribution in [0.3, 0.4) is 0 Å². The molecule has 1 aliphatic rings. The zero-order valence-electron chi connectivity index (χ0n) is 12.1. The lowest BCUT2D eigenvalue weighted by molar-refractivity contribution is -0.117. The first kappa shape index (κ1) is 14.3.